The van der Waals surface area contributed by atoms with Crippen molar-refractivity contribution in [3.8, 4) is 0 Å². The summed E-state index contributed by atoms with van der Waals surface area (Å²) in [5, 5.41) is 4.33. The summed E-state index contributed by atoms with van der Waals surface area (Å²) >= 11 is 6.09. The second kappa shape index (κ2) is 7.64. The van der Waals surface area contributed by atoms with E-state index < -0.39 is 5.60 Å². The highest BCUT2D eigenvalue weighted by atomic mass is 35.5. The van der Waals surface area contributed by atoms with Gasteiger partial charge in [0.25, 0.3) is 0 Å². The van der Waals surface area contributed by atoms with E-state index in [2.05, 4.69) is 19.2 Å². The maximum atomic E-state index is 12.1. The van der Waals surface area contributed by atoms with Crippen LogP contribution >= 0.6 is 11.6 Å². The number of nitrogens with zero attached hydrogens (tertiary/aromatic N) is 1. The van der Waals surface area contributed by atoms with Crippen LogP contribution < -0.4 is 5.32 Å². The predicted molar refractivity (Wildman–Crippen MR) is 99.8 cm³/mol. The van der Waals surface area contributed by atoms with Crippen molar-refractivity contribution in [3.05, 3.63) is 28.8 Å². The van der Waals surface area contributed by atoms with Crippen molar-refractivity contribution in [1.29, 1.82) is 0 Å². The maximum Gasteiger partial charge on any atom is 0.410 e. The Morgan fingerprint density at radius 1 is 1.33 bits per heavy atom. The number of ether oxygens (including phenoxy) is 1. The predicted octanol–water partition coefficient (Wildman–Crippen LogP) is 5.10. The van der Waals surface area contributed by atoms with Crippen LogP contribution in [0.3, 0.4) is 0 Å². The van der Waals surface area contributed by atoms with Gasteiger partial charge in [-0.15, -0.1) is 0 Å². The van der Waals surface area contributed by atoms with Gasteiger partial charge in [0.1, 0.15) is 5.60 Å². The highest BCUT2D eigenvalue weighted by molar-refractivity contribution is 6.30. The molecule has 1 aliphatic rings. The van der Waals surface area contributed by atoms with E-state index in [0.717, 1.165) is 36.6 Å². The molecule has 4 nitrogen and oxygen atoms in total. The Bertz CT molecular complexity index is 575. The van der Waals surface area contributed by atoms with E-state index in [0.29, 0.717) is 12.0 Å². The largest absolute Gasteiger partial charge is 0.444 e. The van der Waals surface area contributed by atoms with Crippen molar-refractivity contribution in [2.75, 3.05) is 18.4 Å². The number of carbonyl (C=O) groups is 1. The average molecular weight is 353 g/mol. The minimum atomic E-state index is -0.438. The summed E-state index contributed by atoms with van der Waals surface area (Å²) in [6, 6.07) is 6.25. The lowest BCUT2D eigenvalue weighted by Gasteiger charge is -2.36. The molecule has 0 radical (unpaired) electrons. The number of piperidine rings is 1. The van der Waals surface area contributed by atoms with Gasteiger partial charge in [-0.1, -0.05) is 17.7 Å². The number of hydrogen-bond donors (Lipinski definition) is 1. The van der Waals surface area contributed by atoms with Crippen molar-refractivity contribution in [1.82, 2.24) is 4.90 Å². The Labute approximate surface area is 150 Å². The zero-order valence-corrected chi connectivity index (χ0v) is 16.1. The van der Waals surface area contributed by atoms with Crippen molar-refractivity contribution < 1.29 is 9.53 Å². The number of aryl methyl sites for hydroxylation is 1. The van der Waals surface area contributed by atoms with Gasteiger partial charge in [0, 0.05) is 29.8 Å². The Hall–Kier alpha value is -1.42. The number of anilines is 1. The minimum Gasteiger partial charge on any atom is -0.444 e. The molecular weight excluding hydrogens is 324 g/mol. The normalized spacial score (nSPS) is 17.5. The second-order valence-corrected chi connectivity index (χ2v) is 8.13. The van der Waals surface area contributed by atoms with Gasteiger partial charge in [-0.3, -0.25) is 0 Å². The van der Waals surface area contributed by atoms with E-state index in [1.807, 2.05) is 43.9 Å². The number of benzene rings is 1. The van der Waals surface area contributed by atoms with Gasteiger partial charge in [0.2, 0.25) is 0 Å². The van der Waals surface area contributed by atoms with Crippen LogP contribution in [-0.2, 0) is 4.74 Å². The van der Waals surface area contributed by atoms with Gasteiger partial charge in [-0.2, -0.15) is 0 Å². The van der Waals surface area contributed by atoms with E-state index in [1.54, 1.807) is 0 Å². The van der Waals surface area contributed by atoms with Gasteiger partial charge < -0.3 is 15.0 Å². The molecule has 0 bridgehead atoms. The van der Waals surface area contributed by atoms with Crippen molar-refractivity contribution in [3.63, 3.8) is 0 Å². The van der Waals surface area contributed by atoms with Crippen LogP contribution in [0.2, 0.25) is 5.02 Å². The summed E-state index contributed by atoms with van der Waals surface area (Å²) in [5.41, 5.74) is 1.84. The quantitative estimate of drug-likeness (QED) is 0.823. The first-order valence-corrected chi connectivity index (χ1v) is 9.04. The molecule has 0 saturated carbocycles. The molecule has 0 aliphatic carbocycles. The summed E-state index contributed by atoms with van der Waals surface area (Å²) in [5.74, 6) is 0.530. The average Bonchev–Trinajstić information content (AvgIpc) is 2.49. The second-order valence-electron chi connectivity index (χ2n) is 7.70. The van der Waals surface area contributed by atoms with E-state index in [1.165, 1.54) is 5.56 Å². The fourth-order valence-electron chi connectivity index (χ4n) is 3.02. The third-order valence-corrected chi connectivity index (χ3v) is 4.72. The molecule has 1 aromatic carbocycles. The van der Waals surface area contributed by atoms with Crippen LogP contribution in [-0.4, -0.2) is 35.7 Å². The van der Waals surface area contributed by atoms with Crippen LogP contribution in [0.25, 0.3) is 0 Å². The fourth-order valence-corrected chi connectivity index (χ4v) is 3.19. The van der Waals surface area contributed by atoms with E-state index in [9.17, 15) is 4.79 Å². The van der Waals surface area contributed by atoms with Gasteiger partial charge in [0.15, 0.2) is 0 Å². The molecule has 1 atom stereocenters. The molecule has 1 fully saturated rings. The first kappa shape index (κ1) is 18.9. The van der Waals surface area contributed by atoms with E-state index >= 15 is 0 Å². The smallest absolute Gasteiger partial charge is 0.410 e. The number of rotatable bonds is 3. The first-order valence-electron chi connectivity index (χ1n) is 8.66. The Kier molecular flexibility index (Phi) is 6.02. The Morgan fingerprint density at radius 3 is 2.54 bits per heavy atom. The molecule has 1 saturated heterocycles. The first-order chi connectivity index (χ1) is 11.2. The summed E-state index contributed by atoms with van der Waals surface area (Å²) in [6.45, 7) is 11.5. The zero-order valence-electron chi connectivity index (χ0n) is 15.4. The van der Waals surface area contributed by atoms with Crippen LogP contribution in [0.5, 0.6) is 0 Å². The zero-order chi connectivity index (χ0) is 17.9. The molecule has 1 unspecified atom stereocenters. The molecule has 1 aliphatic heterocycles. The summed E-state index contributed by atoms with van der Waals surface area (Å²) in [7, 11) is 0. The van der Waals surface area contributed by atoms with Crippen molar-refractivity contribution >= 4 is 23.4 Å². The number of hydrogen-bond acceptors (Lipinski definition) is 3. The molecular formula is C19H29ClN2O2. The van der Waals surface area contributed by atoms with Crippen LogP contribution in [0.15, 0.2) is 18.2 Å². The molecule has 1 N–H and O–H groups in total. The molecule has 5 heteroatoms. The molecule has 0 spiro atoms. The van der Waals surface area contributed by atoms with Gasteiger partial charge in [0.05, 0.1) is 0 Å². The summed E-state index contributed by atoms with van der Waals surface area (Å²) in [6.07, 6.45) is 1.76. The fraction of sp³-hybridized carbons (Fsp3) is 0.632. The van der Waals surface area contributed by atoms with Gasteiger partial charge in [-0.05, 0) is 71.1 Å². The number of amides is 1. The highest BCUT2D eigenvalue weighted by Gasteiger charge is 2.29. The maximum absolute atomic E-state index is 12.1. The third-order valence-electron chi connectivity index (χ3n) is 4.48. The lowest BCUT2D eigenvalue weighted by atomic mass is 9.90. The monoisotopic (exact) mass is 352 g/mol. The number of likely N-dealkylation sites (tertiary alicyclic amines) is 1. The Morgan fingerprint density at radius 2 is 1.96 bits per heavy atom. The van der Waals surface area contributed by atoms with Crippen LogP contribution in [0.4, 0.5) is 10.5 Å². The molecule has 1 amide bonds. The number of carbonyl (C=O) groups excluding carboxylic acids is 1. The molecule has 1 aromatic rings. The van der Waals surface area contributed by atoms with Crippen molar-refractivity contribution in [2.24, 2.45) is 5.92 Å². The SMILES string of the molecule is Cc1ccc(Cl)cc1NC(C)C1CCN(C(=O)OC(C)(C)C)CC1. The Balaban J connectivity index is 1.87. The summed E-state index contributed by atoms with van der Waals surface area (Å²) in [4.78, 5) is 14.0. The lowest BCUT2D eigenvalue weighted by Crippen LogP contribution is -2.44. The molecule has 0 aromatic heterocycles. The van der Waals surface area contributed by atoms with Gasteiger partial charge in [-0.25, -0.2) is 4.79 Å². The number of nitrogens with one attached hydrogen (secondary N) is 1. The van der Waals surface area contributed by atoms with E-state index in [-0.39, 0.29) is 6.09 Å². The number of halogens is 1. The van der Waals surface area contributed by atoms with Crippen LogP contribution in [0.1, 0.15) is 46.1 Å². The molecule has 2 rings (SSSR count). The van der Waals surface area contributed by atoms with E-state index in [4.69, 9.17) is 16.3 Å². The standard InChI is InChI=1S/C19H29ClN2O2/c1-13-6-7-16(20)12-17(13)21-14(2)15-8-10-22(11-9-15)18(23)24-19(3,4)5/h6-7,12,14-15,21H,8-11H2,1-5H3. The molecule has 134 valence electrons. The summed E-state index contributed by atoms with van der Waals surface area (Å²) < 4.78 is 5.45. The van der Waals surface area contributed by atoms with Crippen molar-refractivity contribution in [2.45, 2.75) is 59.1 Å². The van der Waals surface area contributed by atoms with Crippen LogP contribution in [0, 0.1) is 12.8 Å². The third kappa shape index (κ3) is 5.30. The topological polar surface area (TPSA) is 41.6 Å². The highest BCUT2D eigenvalue weighted by Crippen LogP contribution is 2.27. The molecule has 24 heavy (non-hydrogen) atoms. The van der Waals surface area contributed by atoms with Gasteiger partial charge >= 0.3 is 6.09 Å². The minimum absolute atomic E-state index is 0.202. The lowest BCUT2D eigenvalue weighted by molar-refractivity contribution is 0.0179. The molecule has 1 heterocycles.